The molecule has 6 nitrogen and oxygen atoms in total. The summed E-state index contributed by atoms with van der Waals surface area (Å²) in [5, 5.41) is 0. The molecule has 0 bridgehead atoms. The van der Waals surface area contributed by atoms with Crippen LogP contribution in [0.25, 0.3) is 0 Å². The summed E-state index contributed by atoms with van der Waals surface area (Å²) in [5.41, 5.74) is 7.79. The summed E-state index contributed by atoms with van der Waals surface area (Å²) in [7, 11) is -3.26. The zero-order valence-electron chi connectivity index (χ0n) is 19.7. The van der Waals surface area contributed by atoms with Crippen LogP contribution in [0.4, 0.5) is 11.4 Å². The fourth-order valence-electron chi connectivity index (χ4n) is 5.01. The van der Waals surface area contributed by atoms with Gasteiger partial charge < -0.3 is 9.80 Å². The minimum absolute atomic E-state index is 0.00220. The molecule has 2 saturated heterocycles. The van der Waals surface area contributed by atoms with E-state index in [0.29, 0.717) is 30.9 Å². The normalized spacial score (nSPS) is 20.7. The Bertz CT molecular complexity index is 1130. The lowest BCUT2D eigenvalue weighted by atomic mass is 9.97. The lowest BCUT2D eigenvalue weighted by molar-refractivity contribution is 0.0747. The second kappa shape index (κ2) is 8.43. The number of hydrogen-bond acceptors (Lipinski definition) is 4. The van der Waals surface area contributed by atoms with Crippen molar-refractivity contribution in [2.75, 3.05) is 47.7 Å². The molecule has 2 aromatic rings. The van der Waals surface area contributed by atoms with Crippen LogP contribution < -0.4 is 9.21 Å². The number of nitrogens with zero attached hydrogens (tertiary/aromatic N) is 3. The van der Waals surface area contributed by atoms with E-state index in [-0.39, 0.29) is 17.6 Å². The van der Waals surface area contributed by atoms with Crippen LogP contribution in [0.1, 0.15) is 39.5 Å². The number of benzene rings is 2. The van der Waals surface area contributed by atoms with Gasteiger partial charge in [-0.3, -0.25) is 9.10 Å². The number of carbonyl (C=O) groups is 1. The molecular formula is C25H33N3O3S. The average Bonchev–Trinajstić information content (AvgIpc) is 3.04. The van der Waals surface area contributed by atoms with Crippen LogP contribution in [0.3, 0.4) is 0 Å². The lowest BCUT2D eigenvalue weighted by Crippen LogP contribution is -2.49. The molecule has 172 valence electrons. The zero-order chi connectivity index (χ0) is 23.2. The van der Waals surface area contributed by atoms with E-state index in [9.17, 15) is 13.2 Å². The van der Waals surface area contributed by atoms with E-state index in [1.165, 1.54) is 32.2 Å². The maximum absolute atomic E-state index is 13.1. The maximum atomic E-state index is 13.1. The highest BCUT2D eigenvalue weighted by Crippen LogP contribution is 2.31. The number of anilines is 2. The highest BCUT2D eigenvalue weighted by atomic mass is 32.2. The summed E-state index contributed by atoms with van der Waals surface area (Å²) in [6.45, 7) is 14.1. The van der Waals surface area contributed by atoms with Gasteiger partial charge in [0.2, 0.25) is 10.0 Å². The SMILES string of the molecule is Cc1cc(C)c(N2CCN(C(=O)c3ccc(N4CC(C)CS4(=O)=O)cc3)CC2)c(C)c1C. The maximum Gasteiger partial charge on any atom is 0.253 e. The van der Waals surface area contributed by atoms with Crippen molar-refractivity contribution in [2.45, 2.75) is 34.6 Å². The molecule has 2 fully saturated rings. The average molecular weight is 456 g/mol. The molecule has 2 aliphatic heterocycles. The highest BCUT2D eigenvalue weighted by Gasteiger charge is 2.33. The summed E-state index contributed by atoms with van der Waals surface area (Å²) >= 11 is 0. The van der Waals surface area contributed by atoms with Crippen LogP contribution in [0.15, 0.2) is 30.3 Å². The number of piperazine rings is 1. The minimum atomic E-state index is -3.26. The highest BCUT2D eigenvalue weighted by molar-refractivity contribution is 7.93. The molecule has 2 heterocycles. The fraction of sp³-hybridized carbons (Fsp3) is 0.480. The summed E-state index contributed by atoms with van der Waals surface area (Å²) in [5.74, 6) is 0.293. The smallest absolute Gasteiger partial charge is 0.253 e. The van der Waals surface area contributed by atoms with Crippen molar-refractivity contribution in [3.05, 3.63) is 58.1 Å². The number of rotatable bonds is 3. The van der Waals surface area contributed by atoms with Gasteiger partial charge in [0.15, 0.2) is 0 Å². The first-order valence-electron chi connectivity index (χ1n) is 11.3. The van der Waals surface area contributed by atoms with Gasteiger partial charge >= 0.3 is 0 Å². The van der Waals surface area contributed by atoms with Gasteiger partial charge in [-0.2, -0.15) is 0 Å². The van der Waals surface area contributed by atoms with Crippen LogP contribution in [-0.2, 0) is 10.0 Å². The van der Waals surface area contributed by atoms with Gasteiger partial charge in [0.05, 0.1) is 11.4 Å². The standard InChI is InChI=1S/C25H33N3O3S/c1-17-15-28(32(30,31)16-17)23-8-6-22(7-9-23)25(29)27-12-10-26(11-13-27)24-19(3)14-18(2)20(4)21(24)5/h6-9,14,17H,10-13,15-16H2,1-5H3. The molecule has 1 unspecified atom stereocenters. The molecule has 1 amide bonds. The van der Waals surface area contributed by atoms with E-state index in [0.717, 1.165) is 13.1 Å². The Hall–Kier alpha value is -2.54. The van der Waals surface area contributed by atoms with E-state index in [4.69, 9.17) is 0 Å². The topological polar surface area (TPSA) is 60.9 Å². The van der Waals surface area contributed by atoms with Crippen molar-refractivity contribution in [3.8, 4) is 0 Å². The van der Waals surface area contributed by atoms with Crippen LogP contribution in [0.2, 0.25) is 0 Å². The summed E-state index contributed by atoms with van der Waals surface area (Å²) in [6, 6.07) is 9.25. The third-order valence-electron chi connectivity index (χ3n) is 6.91. The number of aryl methyl sites for hydroxylation is 2. The van der Waals surface area contributed by atoms with Crippen molar-refractivity contribution >= 4 is 27.3 Å². The van der Waals surface area contributed by atoms with Gasteiger partial charge in [0, 0.05) is 44.0 Å². The molecule has 4 rings (SSSR count). The van der Waals surface area contributed by atoms with Crippen molar-refractivity contribution in [1.82, 2.24) is 4.90 Å². The van der Waals surface area contributed by atoms with Crippen molar-refractivity contribution in [2.24, 2.45) is 5.92 Å². The fourth-order valence-corrected chi connectivity index (χ4v) is 6.94. The lowest BCUT2D eigenvalue weighted by Gasteiger charge is -2.38. The van der Waals surface area contributed by atoms with Gasteiger partial charge in [-0.25, -0.2) is 8.42 Å². The van der Waals surface area contributed by atoms with E-state index in [1.807, 2.05) is 11.8 Å². The van der Waals surface area contributed by atoms with Crippen LogP contribution in [0, 0.1) is 33.6 Å². The minimum Gasteiger partial charge on any atom is -0.368 e. The Kier molecular flexibility index (Phi) is 5.96. The number of sulfonamides is 1. The molecule has 32 heavy (non-hydrogen) atoms. The largest absolute Gasteiger partial charge is 0.368 e. The predicted octanol–water partition coefficient (Wildman–Crippen LogP) is 3.67. The van der Waals surface area contributed by atoms with E-state index < -0.39 is 10.0 Å². The number of amides is 1. The molecule has 0 spiro atoms. The van der Waals surface area contributed by atoms with E-state index >= 15 is 0 Å². The Morgan fingerprint density at radius 1 is 0.906 bits per heavy atom. The Balaban J connectivity index is 1.44. The molecular weight excluding hydrogens is 422 g/mol. The monoisotopic (exact) mass is 455 g/mol. The Morgan fingerprint density at radius 3 is 2.09 bits per heavy atom. The molecule has 0 saturated carbocycles. The first kappa shape index (κ1) is 22.6. The first-order chi connectivity index (χ1) is 15.1. The molecule has 0 aliphatic carbocycles. The second-order valence-corrected chi connectivity index (χ2v) is 11.3. The third-order valence-corrected chi connectivity index (χ3v) is 8.93. The molecule has 7 heteroatoms. The molecule has 1 atom stereocenters. The summed E-state index contributed by atoms with van der Waals surface area (Å²) in [4.78, 5) is 17.4. The summed E-state index contributed by atoms with van der Waals surface area (Å²) < 4.78 is 26.1. The predicted molar refractivity (Wildman–Crippen MR) is 130 cm³/mol. The van der Waals surface area contributed by atoms with Gasteiger partial charge in [-0.05, 0) is 80.1 Å². The van der Waals surface area contributed by atoms with Crippen molar-refractivity contribution < 1.29 is 13.2 Å². The molecule has 0 N–H and O–H groups in total. The van der Waals surface area contributed by atoms with Gasteiger partial charge in [-0.1, -0.05) is 13.0 Å². The number of carbonyl (C=O) groups excluding carboxylic acids is 1. The number of hydrogen-bond donors (Lipinski definition) is 0. The van der Waals surface area contributed by atoms with Gasteiger partial charge in [0.25, 0.3) is 5.91 Å². The van der Waals surface area contributed by atoms with Crippen LogP contribution in [-0.4, -0.2) is 57.7 Å². The Morgan fingerprint density at radius 2 is 1.53 bits per heavy atom. The summed E-state index contributed by atoms with van der Waals surface area (Å²) in [6.07, 6.45) is 0. The second-order valence-electron chi connectivity index (χ2n) is 9.35. The van der Waals surface area contributed by atoms with Gasteiger partial charge in [-0.15, -0.1) is 0 Å². The third kappa shape index (κ3) is 4.10. The first-order valence-corrected chi connectivity index (χ1v) is 12.9. The zero-order valence-corrected chi connectivity index (χ0v) is 20.5. The van der Waals surface area contributed by atoms with Crippen molar-refractivity contribution in [1.29, 1.82) is 0 Å². The van der Waals surface area contributed by atoms with Gasteiger partial charge in [0.1, 0.15) is 0 Å². The van der Waals surface area contributed by atoms with Crippen molar-refractivity contribution in [3.63, 3.8) is 0 Å². The van der Waals surface area contributed by atoms with Crippen LogP contribution in [0.5, 0.6) is 0 Å². The van der Waals surface area contributed by atoms with Crippen LogP contribution >= 0.6 is 0 Å². The van der Waals surface area contributed by atoms with E-state index in [1.54, 1.807) is 24.3 Å². The molecule has 0 radical (unpaired) electrons. The molecule has 2 aliphatic rings. The Labute approximate surface area is 191 Å². The van der Waals surface area contributed by atoms with E-state index in [2.05, 4.69) is 38.7 Å². The quantitative estimate of drug-likeness (QED) is 0.709. The molecule has 2 aromatic carbocycles. The molecule has 0 aromatic heterocycles.